The van der Waals surface area contributed by atoms with Crippen LogP contribution in [-0.2, 0) is 19.5 Å². The standard InChI is InChI=1S/C21H21N3O/c1-2-20-19(18-10-6-7-11-21(18)25-20)13-22-17-12-23-24(15-17)14-16-8-4-3-5-9-16/h3-12,15,22H,2,13-14H2,1H3. The molecule has 4 heteroatoms. The van der Waals surface area contributed by atoms with E-state index < -0.39 is 0 Å². The number of nitrogens with one attached hydrogen (secondary N) is 1. The van der Waals surface area contributed by atoms with Gasteiger partial charge in [0, 0.05) is 30.1 Å². The zero-order valence-corrected chi connectivity index (χ0v) is 14.3. The van der Waals surface area contributed by atoms with Crippen molar-refractivity contribution in [2.45, 2.75) is 26.4 Å². The van der Waals surface area contributed by atoms with Gasteiger partial charge in [-0.3, -0.25) is 4.68 Å². The minimum absolute atomic E-state index is 0.733. The third-order valence-electron chi connectivity index (χ3n) is 4.39. The fraction of sp³-hybridized carbons (Fsp3) is 0.190. The van der Waals surface area contributed by atoms with Crippen LogP contribution in [0.25, 0.3) is 11.0 Å². The summed E-state index contributed by atoms with van der Waals surface area (Å²) in [4.78, 5) is 0. The van der Waals surface area contributed by atoms with Gasteiger partial charge in [-0.2, -0.15) is 5.10 Å². The van der Waals surface area contributed by atoms with Crippen LogP contribution in [0.15, 0.2) is 71.4 Å². The Bertz CT molecular complexity index is 969. The average Bonchev–Trinajstić information content (AvgIpc) is 3.24. The molecule has 0 atom stereocenters. The lowest BCUT2D eigenvalue weighted by atomic mass is 10.1. The van der Waals surface area contributed by atoms with Gasteiger partial charge < -0.3 is 9.73 Å². The summed E-state index contributed by atoms with van der Waals surface area (Å²) >= 11 is 0. The Morgan fingerprint density at radius 3 is 2.68 bits per heavy atom. The number of fused-ring (bicyclic) bond motifs is 1. The maximum Gasteiger partial charge on any atom is 0.134 e. The fourth-order valence-electron chi connectivity index (χ4n) is 3.13. The summed E-state index contributed by atoms with van der Waals surface area (Å²) in [5.74, 6) is 1.05. The minimum atomic E-state index is 0.733. The minimum Gasteiger partial charge on any atom is -0.461 e. The average molecular weight is 331 g/mol. The lowest BCUT2D eigenvalue weighted by Gasteiger charge is -2.04. The molecule has 2 aromatic heterocycles. The number of rotatable bonds is 6. The molecule has 4 rings (SSSR count). The first-order valence-corrected chi connectivity index (χ1v) is 8.63. The van der Waals surface area contributed by atoms with Gasteiger partial charge in [-0.25, -0.2) is 0 Å². The maximum atomic E-state index is 5.96. The summed E-state index contributed by atoms with van der Waals surface area (Å²) in [5, 5.41) is 9.11. The van der Waals surface area contributed by atoms with E-state index in [2.05, 4.69) is 41.6 Å². The van der Waals surface area contributed by atoms with E-state index in [1.807, 2.05) is 47.4 Å². The Kier molecular flexibility index (Phi) is 4.25. The van der Waals surface area contributed by atoms with Crippen LogP contribution in [0.4, 0.5) is 5.69 Å². The molecule has 0 unspecified atom stereocenters. The third kappa shape index (κ3) is 3.29. The van der Waals surface area contributed by atoms with E-state index in [9.17, 15) is 0 Å². The highest BCUT2D eigenvalue weighted by molar-refractivity contribution is 5.82. The Morgan fingerprint density at radius 2 is 1.84 bits per heavy atom. The van der Waals surface area contributed by atoms with E-state index in [0.29, 0.717) is 0 Å². The van der Waals surface area contributed by atoms with Crippen LogP contribution >= 0.6 is 0 Å². The monoisotopic (exact) mass is 331 g/mol. The van der Waals surface area contributed by atoms with Gasteiger partial charge in [-0.15, -0.1) is 0 Å². The van der Waals surface area contributed by atoms with Crippen LogP contribution in [0, 0.1) is 0 Å². The molecule has 0 aliphatic heterocycles. The molecule has 0 saturated heterocycles. The number of furan rings is 1. The SMILES string of the molecule is CCc1oc2ccccc2c1CNc1cnn(Cc2ccccc2)c1. The van der Waals surface area contributed by atoms with Gasteiger partial charge in [-0.05, 0) is 11.6 Å². The van der Waals surface area contributed by atoms with Crippen LogP contribution in [0.3, 0.4) is 0 Å². The second-order valence-corrected chi connectivity index (χ2v) is 6.12. The normalized spacial score (nSPS) is 11.1. The van der Waals surface area contributed by atoms with Crippen LogP contribution in [-0.4, -0.2) is 9.78 Å². The van der Waals surface area contributed by atoms with Gasteiger partial charge in [-0.1, -0.05) is 55.5 Å². The summed E-state index contributed by atoms with van der Waals surface area (Å²) in [6.45, 7) is 3.63. The van der Waals surface area contributed by atoms with Crippen molar-refractivity contribution in [3.8, 4) is 0 Å². The Morgan fingerprint density at radius 1 is 1.04 bits per heavy atom. The smallest absolute Gasteiger partial charge is 0.134 e. The van der Waals surface area contributed by atoms with Gasteiger partial charge in [0.15, 0.2) is 0 Å². The number of aryl methyl sites for hydroxylation is 1. The predicted octanol–water partition coefficient (Wildman–Crippen LogP) is 4.85. The molecule has 126 valence electrons. The molecule has 0 spiro atoms. The van der Waals surface area contributed by atoms with Crippen molar-refractivity contribution in [2.75, 3.05) is 5.32 Å². The Balaban J connectivity index is 1.49. The van der Waals surface area contributed by atoms with Crippen LogP contribution < -0.4 is 5.32 Å². The van der Waals surface area contributed by atoms with Crippen molar-refractivity contribution < 1.29 is 4.42 Å². The molecule has 0 aliphatic carbocycles. The number of aromatic nitrogens is 2. The number of hydrogen-bond acceptors (Lipinski definition) is 3. The van der Waals surface area contributed by atoms with Crippen molar-refractivity contribution in [1.82, 2.24) is 9.78 Å². The molecule has 4 nitrogen and oxygen atoms in total. The summed E-state index contributed by atoms with van der Waals surface area (Å²) < 4.78 is 7.91. The van der Waals surface area contributed by atoms with Crippen LogP contribution in [0.2, 0.25) is 0 Å². The highest BCUT2D eigenvalue weighted by atomic mass is 16.3. The summed E-state index contributed by atoms with van der Waals surface area (Å²) in [6.07, 6.45) is 4.80. The van der Waals surface area contributed by atoms with Crippen molar-refractivity contribution >= 4 is 16.7 Å². The van der Waals surface area contributed by atoms with E-state index in [1.54, 1.807) is 0 Å². The summed E-state index contributed by atoms with van der Waals surface area (Å²) in [6, 6.07) is 18.6. The zero-order valence-electron chi connectivity index (χ0n) is 14.3. The second-order valence-electron chi connectivity index (χ2n) is 6.12. The zero-order chi connectivity index (χ0) is 17.1. The van der Waals surface area contributed by atoms with Crippen molar-refractivity contribution in [3.05, 3.63) is 83.9 Å². The lowest BCUT2D eigenvalue weighted by molar-refractivity contribution is 0.551. The number of para-hydroxylation sites is 1. The molecule has 0 aliphatic rings. The number of anilines is 1. The van der Waals surface area contributed by atoms with Crippen LogP contribution in [0.5, 0.6) is 0 Å². The Labute approximate surface area is 147 Å². The number of hydrogen-bond donors (Lipinski definition) is 1. The van der Waals surface area contributed by atoms with Gasteiger partial charge >= 0.3 is 0 Å². The van der Waals surface area contributed by atoms with Crippen molar-refractivity contribution in [2.24, 2.45) is 0 Å². The Hall–Kier alpha value is -3.01. The molecule has 0 fully saturated rings. The van der Waals surface area contributed by atoms with E-state index in [1.165, 1.54) is 16.5 Å². The first-order valence-electron chi connectivity index (χ1n) is 8.63. The van der Waals surface area contributed by atoms with Gasteiger partial charge in [0.1, 0.15) is 11.3 Å². The second kappa shape index (κ2) is 6.85. The largest absolute Gasteiger partial charge is 0.461 e. The molecule has 2 aromatic carbocycles. The highest BCUT2D eigenvalue weighted by Crippen LogP contribution is 2.27. The fourth-order valence-corrected chi connectivity index (χ4v) is 3.13. The van der Waals surface area contributed by atoms with E-state index in [4.69, 9.17) is 4.42 Å². The van der Waals surface area contributed by atoms with E-state index in [-0.39, 0.29) is 0 Å². The molecule has 4 aromatic rings. The van der Waals surface area contributed by atoms with Crippen LogP contribution in [0.1, 0.15) is 23.8 Å². The van der Waals surface area contributed by atoms with Crippen molar-refractivity contribution in [3.63, 3.8) is 0 Å². The lowest BCUT2D eigenvalue weighted by Crippen LogP contribution is -2.01. The molecule has 0 saturated carbocycles. The van der Waals surface area contributed by atoms with Crippen molar-refractivity contribution in [1.29, 1.82) is 0 Å². The third-order valence-corrected chi connectivity index (χ3v) is 4.39. The first kappa shape index (κ1) is 15.5. The number of benzene rings is 2. The maximum absolute atomic E-state index is 5.96. The first-order chi connectivity index (χ1) is 12.3. The van der Waals surface area contributed by atoms with Gasteiger partial charge in [0.25, 0.3) is 0 Å². The van der Waals surface area contributed by atoms with E-state index >= 15 is 0 Å². The van der Waals surface area contributed by atoms with E-state index in [0.717, 1.165) is 36.5 Å². The summed E-state index contributed by atoms with van der Waals surface area (Å²) in [5.41, 5.74) is 4.44. The topological polar surface area (TPSA) is 43.0 Å². The predicted molar refractivity (Wildman–Crippen MR) is 101 cm³/mol. The molecule has 0 amide bonds. The highest BCUT2D eigenvalue weighted by Gasteiger charge is 2.12. The molecule has 0 bridgehead atoms. The molecule has 0 radical (unpaired) electrons. The molecular weight excluding hydrogens is 310 g/mol. The molecule has 2 heterocycles. The molecule has 1 N–H and O–H groups in total. The van der Waals surface area contributed by atoms with Gasteiger partial charge in [0.05, 0.1) is 18.4 Å². The molecular formula is C21H21N3O. The number of nitrogens with zero attached hydrogens (tertiary/aromatic N) is 2. The van der Waals surface area contributed by atoms with Gasteiger partial charge in [0.2, 0.25) is 0 Å². The molecule has 25 heavy (non-hydrogen) atoms. The summed E-state index contributed by atoms with van der Waals surface area (Å²) in [7, 11) is 0. The quantitative estimate of drug-likeness (QED) is 0.549.